The maximum atomic E-state index is 13.6. The second kappa shape index (κ2) is 6.35. The Bertz CT molecular complexity index is 925. The van der Waals surface area contributed by atoms with Crippen LogP contribution < -0.4 is 0 Å². The molecular weight excluding hydrogens is 416 g/mol. The summed E-state index contributed by atoms with van der Waals surface area (Å²) in [5.41, 5.74) is -2.53. The monoisotopic (exact) mass is 448 g/mol. The molecule has 0 aromatic rings. The van der Waals surface area contributed by atoms with Crippen LogP contribution in [0, 0.1) is 34.0 Å². The van der Waals surface area contributed by atoms with Crippen LogP contribution in [-0.4, -0.2) is 52.2 Å². The minimum atomic E-state index is -2.35. The topological polar surface area (TPSA) is 119 Å². The molecule has 176 valence electrons. The van der Waals surface area contributed by atoms with Crippen molar-refractivity contribution in [1.29, 1.82) is 0 Å². The van der Waals surface area contributed by atoms with Gasteiger partial charge in [-0.1, -0.05) is 26.8 Å². The summed E-state index contributed by atoms with van der Waals surface area (Å²) in [7, 11) is 0. The number of carbonyl (C=O) groups is 3. The fourth-order valence-electron chi connectivity index (χ4n) is 8.65. The van der Waals surface area contributed by atoms with Crippen LogP contribution in [0.25, 0.3) is 0 Å². The summed E-state index contributed by atoms with van der Waals surface area (Å²) in [6, 6.07) is 0. The molecular formula is C24H32O8. The van der Waals surface area contributed by atoms with Gasteiger partial charge in [0, 0.05) is 25.7 Å². The van der Waals surface area contributed by atoms with Gasteiger partial charge in [-0.15, -0.1) is 0 Å². The third-order valence-electron chi connectivity index (χ3n) is 9.40. The smallest absolute Gasteiger partial charge is 0.315 e. The molecule has 4 bridgehead atoms. The van der Waals surface area contributed by atoms with E-state index in [0.717, 1.165) is 12.8 Å². The molecule has 2 aliphatic heterocycles. The van der Waals surface area contributed by atoms with Crippen molar-refractivity contribution >= 4 is 17.9 Å². The van der Waals surface area contributed by atoms with Crippen molar-refractivity contribution in [2.45, 2.75) is 83.9 Å². The van der Waals surface area contributed by atoms with E-state index in [9.17, 15) is 24.6 Å². The van der Waals surface area contributed by atoms with Crippen molar-refractivity contribution in [3.05, 3.63) is 12.2 Å². The van der Waals surface area contributed by atoms with Crippen LogP contribution in [-0.2, 0) is 28.6 Å². The molecule has 0 aromatic carbocycles. The number of fused-ring (bicyclic) bond motifs is 2. The lowest BCUT2D eigenvalue weighted by Gasteiger charge is -2.73. The van der Waals surface area contributed by atoms with E-state index < -0.39 is 76.0 Å². The summed E-state index contributed by atoms with van der Waals surface area (Å²) < 4.78 is 17.3. The van der Waals surface area contributed by atoms with Gasteiger partial charge in [0.2, 0.25) is 0 Å². The van der Waals surface area contributed by atoms with Crippen LogP contribution in [0.3, 0.4) is 0 Å². The maximum Gasteiger partial charge on any atom is 0.315 e. The molecule has 2 N–H and O–H groups in total. The number of hydrogen-bond donors (Lipinski definition) is 2. The van der Waals surface area contributed by atoms with E-state index in [1.165, 1.54) is 13.8 Å². The number of aliphatic hydroxyl groups excluding tert-OH is 1. The summed E-state index contributed by atoms with van der Waals surface area (Å²) in [5, 5.41) is 23.9. The van der Waals surface area contributed by atoms with Gasteiger partial charge in [0.05, 0.1) is 11.5 Å². The van der Waals surface area contributed by atoms with Gasteiger partial charge in [-0.25, -0.2) is 0 Å². The van der Waals surface area contributed by atoms with Gasteiger partial charge in [0.1, 0.15) is 11.5 Å². The molecule has 2 heterocycles. The zero-order chi connectivity index (χ0) is 23.4. The normalized spacial score (nSPS) is 50.2. The zero-order valence-electron chi connectivity index (χ0n) is 19.1. The second-order valence-electron chi connectivity index (χ2n) is 11.2. The molecule has 8 nitrogen and oxygen atoms in total. The zero-order valence-corrected chi connectivity index (χ0v) is 19.1. The minimum Gasteiger partial charge on any atom is -0.457 e. The molecule has 8 heteroatoms. The predicted octanol–water partition coefficient (Wildman–Crippen LogP) is 1.86. The Labute approximate surface area is 187 Å². The molecule has 0 radical (unpaired) electrons. The van der Waals surface area contributed by atoms with Crippen LogP contribution in [0.15, 0.2) is 12.2 Å². The summed E-state index contributed by atoms with van der Waals surface area (Å²) in [6.07, 6.45) is -0.224. The fourth-order valence-corrected chi connectivity index (χ4v) is 8.65. The van der Waals surface area contributed by atoms with Crippen LogP contribution in [0.2, 0.25) is 0 Å². The molecule has 4 saturated carbocycles. The Hall–Kier alpha value is -1.93. The third kappa shape index (κ3) is 2.18. The summed E-state index contributed by atoms with van der Waals surface area (Å²) in [4.78, 5) is 38.0. The van der Waals surface area contributed by atoms with Crippen LogP contribution in [0.1, 0.15) is 59.8 Å². The first kappa shape index (κ1) is 21.9. The standard InChI is InChI=1S/C24H32O8/c1-11-14-7-8-15-22-10-6-9-21(4,5)16(22)19(31-13(3)26)24(29,32-20(22)28)23(15,17(14)27)18(11)30-12(2)25/h14-19,27,29H,1,6-10H2,2-5H3/t14-,15-,16+,17+,18+,19-,22+,23+,24+/m0/s1. The number of hydrogen-bond acceptors (Lipinski definition) is 8. The summed E-state index contributed by atoms with van der Waals surface area (Å²) in [5.74, 6) is -5.47. The number of aliphatic hydroxyl groups is 2. The fraction of sp³-hybridized carbons (Fsp3) is 0.792. The van der Waals surface area contributed by atoms with Gasteiger partial charge in [-0.05, 0) is 42.6 Å². The largest absolute Gasteiger partial charge is 0.457 e. The van der Waals surface area contributed by atoms with E-state index in [2.05, 4.69) is 6.58 Å². The number of esters is 3. The summed E-state index contributed by atoms with van der Waals surface area (Å²) >= 11 is 0. The molecule has 0 amide bonds. The Morgan fingerprint density at radius 1 is 1.12 bits per heavy atom. The Kier molecular flexibility index (Phi) is 4.34. The van der Waals surface area contributed by atoms with Crippen molar-refractivity contribution in [3.63, 3.8) is 0 Å². The van der Waals surface area contributed by atoms with E-state index in [1.807, 2.05) is 13.8 Å². The molecule has 4 aliphatic carbocycles. The van der Waals surface area contributed by atoms with Gasteiger partial charge in [0.25, 0.3) is 5.79 Å². The molecule has 32 heavy (non-hydrogen) atoms. The molecule has 0 unspecified atom stereocenters. The second-order valence-corrected chi connectivity index (χ2v) is 11.2. The molecule has 2 spiro atoms. The number of rotatable bonds is 2. The molecule has 9 atom stereocenters. The predicted molar refractivity (Wildman–Crippen MR) is 109 cm³/mol. The van der Waals surface area contributed by atoms with E-state index in [0.29, 0.717) is 24.8 Å². The van der Waals surface area contributed by atoms with Gasteiger partial charge in [-0.3, -0.25) is 14.4 Å². The molecule has 6 rings (SSSR count). The maximum absolute atomic E-state index is 13.6. The van der Waals surface area contributed by atoms with Crippen molar-refractivity contribution < 1.29 is 38.8 Å². The summed E-state index contributed by atoms with van der Waals surface area (Å²) in [6.45, 7) is 10.7. The van der Waals surface area contributed by atoms with Crippen LogP contribution in [0.5, 0.6) is 0 Å². The van der Waals surface area contributed by atoms with Gasteiger partial charge in [-0.2, -0.15) is 0 Å². The molecule has 0 aromatic heterocycles. The first-order valence-electron chi connectivity index (χ1n) is 11.5. The molecule has 2 saturated heterocycles. The first-order chi connectivity index (χ1) is 14.9. The van der Waals surface area contributed by atoms with Crippen molar-refractivity contribution in [2.75, 3.05) is 0 Å². The van der Waals surface area contributed by atoms with E-state index >= 15 is 0 Å². The highest BCUT2D eigenvalue weighted by molar-refractivity contribution is 5.82. The Morgan fingerprint density at radius 2 is 1.78 bits per heavy atom. The van der Waals surface area contributed by atoms with Crippen LogP contribution in [0.4, 0.5) is 0 Å². The minimum absolute atomic E-state index is 0.415. The highest BCUT2D eigenvalue weighted by atomic mass is 16.7. The lowest BCUT2D eigenvalue weighted by molar-refractivity contribution is -0.434. The van der Waals surface area contributed by atoms with E-state index in [1.54, 1.807) is 0 Å². The van der Waals surface area contributed by atoms with Crippen molar-refractivity contribution in [3.8, 4) is 0 Å². The first-order valence-corrected chi connectivity index (χ1v) is 11.5. The SMILES string of the molecule is C=C1[C@@H](OC(C)=O)[C@]23[C@H](O)[C@H]1CC[C@H]2[C@]12CCCC(C)(C)[C@H]1[C@H](OC(C)=O)[C@@]3(O)OC2=O. The van der Waals surface area contributed by atoms with Crippen molar-refractivity contribution in [2.24, 2.45) is 34.0 Å². The number of ether oxygens (including phenoxy) is 3. The van der Waals surface area contributed by atoms with Crippen LogP contribution >= 0.6 is 0 Å². The van der Waals surface area contributed by atoms with Crippen molar-refractivity contribution in [1.82, 2.24) is 0 Å². The Morgan fingerprint density at radius 3 is 2.41 bits per heavy atom. The lowest BCUT2D eigenvalue weighted by Crippen LogP contribution is -2.86. The van der Waals surface area contributed by atoms with E-state index in [4.69, 9.17) is 14.2 Å². The van der Waals surface area contributed by atoms with Gasteiger partial charge >= 0.3 is 17.9 Å². The van der Waals surface area contributed by atoms with E-state index in [-0.39, 0.29) is 0 Å². The third-order valence-corrected chi connectivity index (χ3v) is 9.40. The quantitative estimate of drug-likeness (QED) is 0.373. The molecule has 6 aliphatic rings. The highest BCUT2D eigenvalue weighted by Crippen LogP contribution is 2.78. The lowest BCUT2D eigenvalue weighted by atomic mass is 9.36. The average molecular weight is 449 g/mol. The van der Waals surface area contributed by atoms with Gasteiger partial charge < -0.3 is 24.4 Å². The Balaban J connectivity index is 1.82. The molecule has 6 fully saturated rings. The highest BCUT2D eigenvalue weighted by Gasteiger charge is 2.89. The van der Waals surface area contributed by atoms with Gasteiger partial charge in [0.15, 0.2) is 6.10 Å². The number of carbonyl (C=O) groups excluding carboxylic acids is 3. The average Bonchev–Trinajstić information content (AvgIpc) is 2.78.